The molecule has 3 heteroatoms. The SMILES string of the molecule is CC[C@@H]1[C@H]2CCCCN3CC[C@@H](C4[C@H](C)C(=O)O[C@@H]41)[C@@H]23. The molecule has 7 atom stereocenters. The van der Waals surface area contributed by atoms with Gasteiger partial charge in [-0.05, 0) is 50.6 Å². The lowest BCUT2D eigenvalue weighted by atomic mass is 9.60. The van der Waals surface area contributed by atoms with Gasteiger partial charge in [0.05, 0.1) is 5.92 Å². The van der Waals surface area contributed by atoms with Crippen molar-refractivity contribution in [3.05, 3.63) is 0 Å². The molecule has 0 aromatic rings. The Morgan fingerprint density at radius 1 is 1.20 bits per heavy atom. The van der Waals surface area contributed by atoms with Crippen molar-refractivity contribution in [2.24, 2.45) is 29.6 Å². The highest BCUT2D eigenvalue weighted by Gasteiger charge is 2.60. The lowest BCUT2D eigenvalue weighted by Gasteiger charge is -2.48. The molecule has 0 aromatic carbocycles. The van der Waals surface area contributed by atoms with Gasteiger partial charge in [0.2, 0.25) is 0 Å². The number of carbonyl (C=O) groups is 1. The van der Waals surface area contributed by atoms with Crippen molar-refractivity contribution < 1.29 is 9.53 Å². The van der Waals surface area contributed by atoms with Crippen LogP contribution < -0.4 is 0 Å². The minimum atomic E-state index is 0.0772. The zero-order valence-corrected chi connectivity index (χ0v) is 12.8. The first-order chi connectivity index (χ1) is 9.72. The molecule has 1 aliphatic carbocycles. The Kier molecular flexibility index (Phi) is 3.10. The van der Waals surface area contributed by atoms with E-state index in [9.17, 15) is 4.79 Å². The maximum atomic E-state index is 12.1. The second-order valence-corrected chi connectivity index (χ2v) is 7.48. The molecule has 3 heterocycles. The lowest BCUT2D eigenvalue weighted by Crippen LogP contribution is -2.53. The largest absolute Gasteiger partial charge is 0.462 e. The third-order valence-electron chi connectivity index (χ3n) is 6.80. The van der Waals surface area contributed by atoms with Crippen LogP contribution in [0.15, 0.2) is 0 Å². The number of carbonyl (C=O) groups excluding carboxylic acids is 1. The van der Waals surface area contributed by atoms with E-state index in [1.165, 1.54) is 45.2 Å². The highest BCUT2D eigenvalue weighted by molar-refractivity contribution is 5.75. The first kappa shape index (κ1) is 13.1. The molecule has 4 fully saturated rings. The first-order valence-electron chi connectivity index (χ1n) is 8.67. The summed E-state index contributed by atoms with van der Waals surface area (Å²) in [6, 6.07) is 0.751. The van der Waals surface area contributed by atoms with E-state index >= 15 is 0 Å². The van der Waals surface area contributed by atoms with Crippen molar-refractivity contribution in [1.82, 2.24) is 4.90 Å². The number of ether oxygens (including phenoxy) is 1. The monoisotopic (exact) mass is 277 g/mol. The van der Waals surface area contributed by atoms with Crippen LogP contribution in [0.2, 0.25) is 0 Å². The molecule has 0 aromatic heterocycles. The summed E-state index contributed by atoms with van der Waals surface area (Å²) in [6.07, 6.45) is 6.77. The predicted octanol–water partition coefficient (Wildman–Crippen LogP) is 2.69. The van der Waals surface area contributed by atoms with Gasteiger partial charge in [0.25, 0.3) is 0 Å². The van der Waals surface area contributed by atoms with Gasteiger partial charge < -0.3 is 4.74 Å². The van der Waals surface area contributed by atoms with E-state index in [-0.39, 0.29) is 18.0 Å². The number of nitrogens with zero attached hydrogens (tertiary/aromatic N) is 1. The van der Waals surface area contributed by atoms with Crippen LogP contribution in [0.25, 0.3) is 0 Å². The summed E-state index contributed by atoms with van der Waals surface area (Å²) in [5, 5.41) is 0. The lowest BCUT2D eigenvalue weighted by molar-refractivity contribution is -0.148. The summed E-state index contributed by atoms with van der Waals surface area (Å²) in [5.74, 6) is 2.80. The highest BCUT2D eigenvalue weighted by atomic mass is 16.6. The predicted molar refractivity (Wildman–Crippen MR) is 77.1 cm³/mol. The van der Waals surface area contributed by atoms with Crippen molar-refractivity contribution in [1.29, 1.82) is 0 Å². The van der Waals surface area contributed by atoms with Gasteiger partial charge in [-0.1, -0.05) is 20.3 Å². The summed E-state index contributed by atoms with van der Waals surface area (Å²) < 4.78 is 5.86. The number of fused-ring (bicyclic) bond motifs is 2. The average Bonchev–Trinajstić information content (AvgIpc) is 2.89. The zero-order chi connectivity index (χ0) is 13.9. The van der Waals surface area contributed by atoms with Crippen LogP contribution in [0.4, 0.5) is 0 Å². The highest BCUT2D eigenvalue weighted by Crippen LogP contribution is 2.55. The molecule has 1 saturated carbocycles. The van der Waals surface area contributed by atoms with Crippen LogP contribution in [-0.2, 0) is 9.53 Å². The van der Waals surface area contributed by atoms with Gasteiger partial charge in [0.1, 0.15) is 6.10 Å². The number of esters is 1. The molecular formula is C17H27NO2. The molecule has 3 nitrogen and oxygen atoms in total. The van der Waals surface area contributed by atoms with E-state index in [4.69, 9.17) is 4.74 Å². The normalized spacial score (nSPS) is 51.3. The van der Waals surface area contributed by atoms with E-state index in [2.05, 4.69) is 18.7 Å². The van der Waals surface area contributed by atoms with Gasteiger partial charge in [-0.15, -0.1) is 0 Å². The minimum absolute atomic E-state index is 0.0772. The molecule has 0 bridgehead atoms. The number of hydrogen-bond acceptors (Lipinski definition) is 3. The Hall–Kier alpha value is -0.570. The molecule has 4 rings (SSSR count). The second-order valence-electron chi connectivity index (χ2n) is 7.48. The first-order valence-corrected chi connectivity index (χ1v) is 8.67. The van der Waals surface area contributed by atoms with Crippen LogP contribution in [0, 0.1) is 29.6 Å². The molecule has 0 spiro atoms. The van der Waals surface area contributed by atoms with Crippen LogP contribution in [0.1, 0.15) is 46.0 Å². The van der Waals surface area contributed by atoms with E-state index in [1.54, 1.807) is 0 Å². The molecule has 0 N–H and O–H groups in total. The fourth-order valence-corrected chi connectivity index (χ4v) is 6.04. The summed E-state index contributed by atoms with van der Waals surface area (Å²) in [5.41, 5.74) is 0. The summed E-state index contributed by atoms with van der Waals surface area (Å²) in [7, 11) is 0. The van der Waals surface area contributed by atoms with Crippen molar-refractivity contribution >= 4 is 5.97 Å². The van der Waals surface area contributed by atoms with Gasteiger partial charge in [-0.2, -0.15) is 0 Å². The summed E-state index contributed by atoms with van der Waals surface area (Å²) in [6.45, 7) is 6.95. The third-order valence-corrected chi connectivity index (χ3v) is 6.80. The molecular weight excluding hydrogens is 250 g/mol. The maximum absolute atomic E-state index is 12.1. The van der Waals surface area contributed by atoms with Gasteiger partial charge in [-0.3, -0.25) is 9.69 Å². The molecule has 20 heavy (non-hydrogen) atoms. The van der Waals surface area contributed by atoms with Crippen LogP contribution >= 0.6 is 0 Å². The zero-order valence-electron chi connectivity index (χ0n) is 12.8. The Morgan fingerprint density at radius 3 is 2.85 bits per heavy atom. The fraction of sp³-hybridized carbons (Fsp3) is 0.941. The van der Waals surface area contributed by atoms with Gasteiger partial charge in [0, 0.05) is 17.9 Å². The van der Waals surface area contributed by atoms with Crippen molar-refractivity contribution in [3.63, 3.8) is 0 Å². The van der Waals surface area contributed by atoms with Crippen LogP contribution in [0.5, 0.6) is 0 Å². The Balaban J connectivity index is 1.74. The van der Waals surface area contributed by atoms with E-state index in [0.29, 0.717) is 17.8 Å². The number of rotatable bonds is 1. The molecule has 1 unspecified atom stereocenters. The quantitative estimate of drug-likeness (QED) is 0.690. The molecule has 3 aliphatic heterocycles. The van der Waals surface area contributed by atoms with Crippen molar-refractivity contribution in [2.45, 2.75) is 58.1 Å². The summed E-state index contributed by atoms with van der Waals surface area (Å²) >= 11 is 0. The van der Waals surface area contributed by atoms with Crippen molar-refractivity contribution in [3.8, 4) is 0 Å². The molecule has 112 valence electrons. The third kappa shape index (κ3) is 1.65. The van der Waals surface area contributed by atoms with E-state index in [0.717, 1.165) is 12.0 Å². The Labute approximate surface area is 122 Å². The standard InChI is InChI=1S/C17H27NO2/c1-3-11-12-6-4-5-8-18-9-7-13(15(12)18)14-10(2)17(19)20-16(11)14/h10-16H,3-9H2,1-2H3/t10-,11+,12+,13-,14?,15+,16+/m0/s1. The maximum Gasteiger partial charge on any atom is 0.309 e. The molecule has 0 amide bonds. The van der Waals surface area contributed by atoms with Crippen LogP contribution in [-0.4, -0.2) is 36.1 Å². The minimum Gasteiger partial charge on any atom is -0.462 e. The second kappa shape index (κ2) is 4.72. The van der Waals surface area contributed by atoms with Gasteiger partial charge in [-0.25, -0.2) is 0 Å². The molecule has 0 radical (unpaired) electrons. The summed E-state index contributed by atoms with van der Waals surface area (Å²) in [4.78, 5) is 14.9. The van der Waals surface area contributed by atoms with Gasteiger partial charge >= 0.3 is 5.97 Å². The topological polar surface area (TPSA) is 29.5 Å². The van der Waals surface area contributed by atoms with Crippen molar-refractivity contribution in [2.75, 3.05) is 13.1 Å². The smallest absolute Gasteiger partial charge is 0.309 e. The molecule has 4 aliphatic rings. The van der Waals surface area contributed by atoms with E-state index < -0.39 is 0 Å². The van der Waals surface area contributed by atoms with Crippen LogP contribution in [0.3, 0.4) is 0 Å². The molecule has 3 saturated heterocycles. The van der Waals surface area contributed by atoms with Gasteiger partial charge in [0.15, 0.2) is 0 Å². The average molecular weight is 277 g/mol. The fourth-order valence-electron chi connectivity index (χ4n) is 6.04. The number of hydrogen-bond donors (Lipinski definition) is 0. The Morgan fingerprint density at radius 2 is 2.05 bits per heavy atom. The van der Waals surface area contributed by atoms with E-state index in [1.807, 2.05) is 0 Å². The Bertz CT molecular complexity index is 410.